The third-order valence-corrected chi connectivity index (χ3v) is 9.71. The minimum Gasteiger partial charge on any atom is -0.456 e. The number of nitrogens with zero attached hydrogens (tertiary/aromatic N) is 2. The molecule has 0 radical (unpaired) electrons. The van der Waals surface area contributed by atoms with E-state index in [0.29, 0.717) is 5.56 Å². The van der Waals surface area contributed by atoms with Crippen molar-refractivity contribution >= 4 is 22.9 Å². The first-order valence-electron chi connectivity index (χ1n) is 16.8. The fourth-order valence-electron chi connectivity index (χ4n) is 7.42. The van der Waals surface area contributed by atoms with Gasteiger partial charge in [-0.2, -0.15) is 0 Å². The molecule has 0 N–H and O–H groups in total. The normalized spacial score (nSPS) is 19.0. The first kappa shape index (κ1) is 30.3. The second kappa shape index (κ2) is 12.0. The van der Waals surface area contributed by atoms with Crippen LogP contribution in [-0.4, -0.2) is 31.1 Å². The molecule has 3 aromatic carbocycles. The minimum absolute atomic E-state index is 0.140. The standard InChI is InChI=1S/C39H48N2O3/c1-7-10-15-22-41-34-25-33-36(24-30(34)27(4)26-38(41,5)6)43-35-23-28(40(20-11-8-2)21-12-9-3)18-19-32(35)39(33)31-17-14-13-16-29(31)37(42)44-39/h13-14,16-19,23-26H,7-12,15,20-22H2,1-6H3. The van der Waals surface area contributed by atoms with Gasteiger partial charge in [0.25, 0.3) is 0 Å². The number of carbonyl (C=O) groups is 1. The Kier molecular flexibility index (Phi) is 8.26. The van der Waals surface area contributed by atoms with Crippen LogP contribution in [0, 0.1) is 0 Å². The van der Waals surface area contributed by atoms with Crippen molar-refractivity contribution in [3.63, 3.8) is 0 Å². The van der Waals surface area contributed by atoms with E-state index in [1.54, 1.807) is 0 Å². The summed E-state index contributed by atoms with van der Waals surface area (Å²) in [4.78, 5) is 18.6. The Morgan fingerprint density at radius 1 is 0.773 bits per heavy atom. The molecule has 0 amide bonds. The number of anilines is 2. The van der Waals surface area contributed by atoms with Gasteiger partial charge >= 0.3 is 5.97 Å². The third-order valence-electron chi connectivity index (χ3n) is 9.71. The van der Waals surface area contributed by atoms with Gasteiger partial charge in [0.15, 0.2) is 5.60 Å². The minimum atomic E-state index is -1.07. The highest BCUT2D eigenvalue weighted by Gasteiger charge is 2.54. The maximum Gasteiger partial charge on any atom is 0.340 e. The lowest BCUT2D eigenvalue weighted by molar-refractivity contribution is 0.0224. The summed E-state index contributed by atoms with van der Waals surface area (Å²) in [5.41, 5.74) is 6.83. The molecule has 0 aromatic heterocycles. The SMILES string of the molecule is CCCCCN1c2cc3c(cc2C(C)=CC1(C)C)Oc1cc(N(CCCC)CCCC)ccc1C31OC(=O)c2ccccc21. The molecule has 3 aliphatic rings. The largest absolute Gasteiger partial charge is 0.456 e. The molecule has 3 heterocycles. The van der Waals surface area contributed by atoms with Crippen LogP contribution in [0.5, 0.6) is 11.5 Å². The van der Waals surface area contributed by atoms with E-state index in [9.17, 15) is 4.79 Å². The molecule has 0 saturated carbocycles. The Bertz CT molecular complexity index is 1580. The smallest absolute Gasteiger partial charge is 0.340 e. The molecule has 0 fully saturated rings. The van der Waals surface area contributed by atoms with Crippen molar-refractivity contribution in [2.45, 2.75) is 97.6 Å². The number of hydrogen-bond donors (Lipinski definition) is 0. The Hall–Kier alpha value is -3.73. The molecule has 3 aromatic rings. The lowest BCUT2D eigenvalue weighted by Gasteiger charge is -2.45. The van der Waals surface area contributed by atoms with Crippen LogP contribution in [0.25, 0.3) is 5.57 Å². The summed E-state index contributed by atoms with van der Waals surface area (Å²) in [7, 11) is 0. The maximum atomic E-state index is 13.6. The molecule has 232 valence electrons. The molecule has 0 aliphatic carbocycles. The van der Waals surface area contributed by atoms with Gasteiger partial charge in [-0.15, -0.1) is 0 Å². The first-order valence-corrected chi connectivity index (χ1v) is 16.8. The van der Waals surface area contributed by atoms with Crippen molar-refractivity contribution in [2.24, 2.45) is 0 Å². The molecule has 0 bridgehead atoms. The molecule has 1 atom stereocenters. The van der Waals surface area contributed by atoms with E-state index in [1.807, 2.05) is 18.2 Å². The molecule has 0 saturated heterocycles. The highest BCUT2D eigenvalue weighted by atomic mass is 16.6. The van der Waals surface area contributed by atoms with E-state index < -0.39 is 5.60 Å². The highest BCUT2D eigenvalue weighted by Crippen LogP contribution is 2.58. The maximum absolute atomic E-state index is 13.6. The van der Waals surface area contributed by atoms with Gasteiger partial charge in [0.05, 0.1) is 11.1 Å². The van der Waals surface area contributed by atoms with Crippen LogP contribution in [-0.2, 0) is 10.3 Å². The zero-order valence-electron chi connectivity index (χ0n) is 27.5. The molecule has 6 rings (SSSR count). The molecular formula is C39H48N2O3. The number of fused-ring (bicyclic) bond motifs is 7. The molecule has 5 nitrogen and oxygen atoms in total. The average molecular weight is 593 g/mol. The number of unbranched alkanes of at least 4 members (excludes halogenated alkanes) is 4. The number of rotatable bonds is 11. The van der Waals surface area contributed by atoms with E-state index in [-0.39, 0.29) is 11.5 Å². The fraction of sp³-hybridized carbons (Fsp3) is 0.462. The second-order valence-electron chi connectivity index (χ2n) is 13.3. The average Bonchev–Trinajstić information content (AvgIpc) is 3.30. The molecular weight excluding hydrogens is 544 g/mol. The van der Waals surface area contributed by atoms with Gasteiger partial charge in [0.2, 0.25) is 0 Å². The molecule has 44 heavy (non-hydrogen) atoms. The van der Waals surface area contributed by atoms with Gasteiger partial charge in [0, 0.05) is 59.3 Å². The summed E-state index contributed by atoms with van der Waals surface area (Å²) in [5, 5.41) is 0. The predicted molar refractivity (Wildman–Crippen MR) is 181 cm³/mol. The number of benzene rings is 3. The monoisotopic (exact) mass is 592 g/mol. The zero-order valence-corrected chi connectivity index (χ0v) is 27.5. The van der Waals surface area contributed by atoms with Crippen LogP contribution in [0.1, 0.15) is 119 Å². The van der Waals surface area contributed by atoms with E-state index in [1.165, 1.54) is 29.7 Å². The molecule has 5 heteroatoms. The van der Waals surface area contributed by atoms with Crippen LogP contribution in [0.15, 0.2) is 60.7 Å². The van der Waals surface area contributed by atoms with Crippen molar-refractivity contribution in [2.75, 3.05) is 29.4 Å². The fourth-order valence-corrected chi connectivity index (χ4v) is 7.42. The summed E-state index contributed by atoms with van der Waals surface area (Å²) in [5.74, 6) is 1.23. The summed E-state index contributed by atoms with van der Waals surface area (Å²) in [6.45, 7) is 16.5. The van der Waals surface area contributed by atoms with Crippen LogP contribution < -0.4 is 14.5 Å². The zero-order chi connectivity index (χ0) is 31.1. The molecule has 3 aliphatic heterocycles. The molecule has 1 spiro atoms. The Morgan fingerprint density at radius 2 is 1.48 bits per heavy atom. The van der Waals surface area contributed by atoms with Crippen LogP contribution in [0.2, 0.25) is 0 Å². The van der Waals surface area contributed by atoms with Crippen molar-refractivity contribution in [3.05, 3.63) is 88.5 Å². The van der Waals surface area contributed by atoms with Gasteiger partial charge in [-0.1, -0.05) is 70.7 Å². The second-order valence-corrected chi connectivity index (χ2v) is 13.3. The van der Waals surface area contributed by atoms with Gasteiger partial charge in [0.1, 0.15) is 11.5 Å². The number of carbonyl (C=O) groups excluding carboxylic acids is 1. The van der Waals surface area contributed by atoms with Gasteiger partial charge in [-0.05, 0) is 75.9 Å². The number of allylic oxidation sites excluding steroid dienone is 1. The lowest BCUT2D eigenvalue weighted by Crippen LogP contribution is -2.46. The van der Waals surface area contributed by atoms with Gasteiger partial charge in [-0.25, -0.2) is 4.79 Å². The number of ether oxygens (including phenoxy) is 2. The lowest BCUT2D eigenvalue weighted by atomic mass is 9.76. The van der Waals surface area contributed by atoms with Crippen molar-refractivity contribution in [1.82, 2.24) is 0 Å². The quantitative estimate of drug-likeness (QED) is 0.164. The summed E-state index contributed by atoms with van der Waals surface area (Å²) in [6, 6.07) is 18.8. The third kappa shape index (κ3) is 4.98. The van der Waals surface area contributed by atoms with Crippen molar-refractivity contribution in [3.8, 4) is 11.5 Å². The number of esters is 1. The van der Waals surface area contributed by atoms with Gasteiger partial charge in [-0.3, -0.25) is 0 Å². The van der Waals surface area contributed by atoms with Crippen LogP contribution in [0.4, 0.5) is 11.4 Å². The summed E-state index contributed by atoms with van der Waals surface area (Å²) in [6.07, 6.45) is 10.5. The van der Waals surface area contributed by atoms with E-state index in [4.69, 9.17) is 9.47 Å². The van der Waals surface area contributed by atoms with E-state index >= 15 is 0 Å². The van der Waals surface area contributed by atoms with Crippen LogP contribution >= 0.6 is 0 Å². The highest BCUT2D eigenvalue weighted by molar-refractivity contribution is 5.97. The number of hydrogen-bond acceptors (Lipinski definition) is 5. The van der Waals surface area contributed by atoms with Crippen LogP contribution in [0.3, 0.4) is 0 Å². The van der Waals surface area contributed by atoms with E-state index in [0.717, 1.165) is 85.6 Å². The Morgan fingerprint density at radius 3 is 2.20 bits per heavy atom. The molecule has 1 unspecified atom stereocenters. The Balaban J connectivity index is 1.55. The first-order chi connectivity index (χ1) is 21.2. The Labute approximate surface area is 263 Å². The van der Waals surface area contributed by atoms with E-state index in [2.05, 4.69) is 93.8 Å². The summed E-state index contributed by atoms with van der Waals surface area (Å²) >= 11 is 0. The predicted octanol–water partition coefficient (Wildman–Crippen LogP) is 9.85. The van der Waals surface area contributed by atoms with Gasteiger partial charge < -0.3 is 19.3 Å². The summed E-state index contributed by atoms with van der Waals surface area (Å²) < 4.78 is 13.4. The van der Waals surface area contributed by atoms with Crippen molar-refractivity contribution in [1.29, 1.82) is 0 Å². The topological polar surface area (TPSA) is 42.0 Å². The van der Waals surface area contributed by atoms with Crippen molar-refractivity contribution < 1.29 is 14.3 Å².